The average molecular weight is 473 g/mol. The van der Waals surface area contributed by atoms with Gasteiger partial charge < -0.3 is 20.9 Å². The molecule has 0 unspecified atom stereocenters. The van der Waals surface area contributed by atoms with Gasteiger partial charge in [-0.15, -0.1) is 24.0 Å². The van der Waals surface area contributed by atoms with Gasteiger partial charge in [-0.1, -0.05) is 26.0 Å². The summed E-state index contributed by atoms with van der Waals surface area (Å²) >= 11 is 0. The van der Waals surface area contributed by atoms with Gasteiger partial charge in [0.25, 0.3) is 0 Å². The highest BCUT2D eigenvalue weighted by atomic mass is 127. The van der Waals surface area contributed by atoms with Crippen LogP contribution in [0.15, 0.2) is 29.3 Å². The number of guanidine groups is 1. The van der Waals surface area contributed by atoms with Gasteiger partial charge in [-0.25, -0.2) is 4.79 Å². The first-order valence-corrected chi connectivity index (χ1v) is 8.91. The summed E-state index contributed by atoms with van der Waals surface area (Å²) in [5, 5.41) is 9.06. The van der Waals surface area contributed by atoms with Gasteiger partial charge in [0, 0.05) is 38.4 Å². The third-order valence-electron chi connectivity index (χ3n) is 4.27. The van der Waals surface area contributed by atoms with Crippen LogP contribution in [-0.4, -0.2) is 43.1 Å². The van der Waals surface area contributed by atoms with Crippen LogP contribution in [0.25, 0.3) is 0 Å². The summed E-state index contributed by atoms with van der Waals surface area (Å²) in [4.78, 5) is 18.4. The Morgan fingerprint density at radius 1 is 1.27 bits per heavy atom. The Labute approximate surface area is 174 Å². The molecule has 0 spiro atoms. The second-order valence-corrected chi connectivity index (χ2v) is 7.69. The molecule has 1 fully saturated rings. The van der Waals surface area contributed by atoms with Crippen LogP contribution >= 0.6 is 24.0 Å². The Balaban J connectivity index is 0.00000338. The molecule has 7 heteroatoms. The van der Waals surface area contributed by atoms with Crippen molar-refractivity contribution in [3.63, 3.8) is 0 Å². The van der Waals surface area contributed by atoms with Crippen LogP contribution in [0.3, 0.4) is 0 Å². The summed E-state index contributed by atoms with van der Waals surface area (Å²) in [6.07, 6.45) is 1.19. The molecule has 0 aromatic heterocycles. The SMILES string of the molecule is CN=C(NCc1ccc(NC(=O)NC(C)C)cc1)N1CCC(C)(C)C1.I. The number of nitrogens with one attached hydrogen (secondary N) is 3. The lowest BCUT2D eigenvalue weighted by Crippen LogP contribution is -2.40. The number of carbonyl (C=O) groups excluding carboxylic acids is 1. The van der Waals surface area contributed by atoms with Gasteiger partial charge in [-0.05, 0) is 43.4 Å². The maximum atomic E-state index is 11.7. The first kappa shape index (κ1) is 22.5. The van der Waals surface area contributed by atoms with Crippen LogP contribution in [0.2, 0.25) is 0 Å². The molecule has 1 heterocycles. The molecule has 0 atom stereocenters. The minimum atomic E-state index is -0.182. The van der Waals surface area contributed by atoms with Crippen LogP contribution in [0.4, 0.5) is 10.5 Å². The number of nitrogens with zero attached hydrogens (tertiary/aromatic N) is 2. The van der Waals surface area contributed by atoms with Crippen molar-refractivity contribution in [2.75, 3.05) is 25.5 Å². The van der Waals surface area contributed by atoms with Gasteiger partial charge in [0.1, 0.15) is 0 Å². The Hall–Kier alpha value is -1.51. The van der Waals surface area contributed by atoms with Crippen LogP contribution in [0.5, 0.6) is 0 Å². The normalized spacial score (nSPS) is 16.2. The summed E-state index contributed by atoms with van der Waals surface area (Å²) in [5.74, 6) is 0.948. The molecule has 6 nitrogen and oxygen atoms in total. The summed E-state index contributed by atoms with van der Waals surface area (Å²) in [5.41, 5.74) is 2.28. The molecule has 0 bridgehead atoms. The van der Waals surface area contributed by atoms with Gasteiger partial charge in [0.2, 0.25) is 0 Å². The van der Waals surface area contributed by atoms with E-state index in [0.29, 0.717) is 12.0 Å². The van der Waals surface area contributed by atoms with Crippen LogP contribution in [0, 0.1) is 5.41 Å². The Kier molecular flexibility index (Phi) is 8.66. The van der Waals surface area contributed by atoms with Crippen molar-refractivity contribution in [2.45, 2.75) is 46.7 Å². The van der Waals surface area contributed by atoms with E-state index in [1.165, 1.54) is 6.42 Å². The molecule has 0 aliphatic carbocycles. The topological polar surface area (TPSA) is 68.8 Å². The van der Waals surface area contributed by atoms with Crippen molar-refractivity contribution in [3.8, 4) is 0 Å². The van der Waals surface area contributed by atoms with Gasteiger partial charge >= 0.3 is 6.03 Å². The van der Waals surface area contributed by atoms with Gasteiger partial charge in [0.15, 0.2) is 5.96 Å². The van der Waals surface area contributed by atoms with E-state index in [9.17, 15) is 4.79 Å². The van der Waals surface area contributed by atoms with E-state index in [2.05, 4.69) is 39.7 Å². The molecular formula is C19H32IN5O. The molecular weight excluding hydrogens is 441 g/mol. The third-order valence-corrected chi connectivity index (χ3v) is 4.27. The maximum Gasteiger partial charge on any atom is 0.319 e. The maximum absolute atomic E-state index is 11.7. The molecule has 1 saturated heterocycles. The van der Waals surface area contributed by atoms with E-state index >= 15 is 0 Å². The predicted octanol–water partition coefficient (Wildman–Crippen LogP) is 3.64. The van der Waals surface area contributed by atoms with Gasteiger partial charge in [-0.3, -0.25) is 4.99 Å². The fourth-order valence-corrected chi connectivity index (χ4v) is 2.94. The molecule has 1 aliphatic heterocycles. The zero-order valence-electron chi connectivity index (χ0n) is 16.4. The molecule has 3 N–H and O–H groups in total. The van der Waals surface area contributed by atoms with E-state index in [-0.39, 0.29) is 36.0 Å². The Morgan fingerprint density at radius 3 is 2.42 bits per heavy atom. The number of urea groups is 1. The second kappa shape index (κ2) is 9.99. The zero-order valence-corrected chi connectivity index (χ0v) is 18.8. The Bertz CT molecular complexity index is 613. The summed E-state index contributed by atoms with van der Waals surface area (Å²) in [6, 6.07) is 7.79. The molecule has 1 aromatic rings. The highest BCUT2D eigenvalue weighted by Gasteiger charge is 2.30. The third kappa shape index (κ3) is 7.01. The van der Waals surface area contributed by atoms with Crippen molar-refractivity contribution in [1.82, 2.24) is 15.5 Å². The number of hydrogen-bond acceptors (Lipinski definition) is 2. The van der Waals surface area contributed by atoms with E-state index in [0.717, 1.165) is 30.3 Å². The molecule has 2 rings (SSSR count). The van der Waals surface area contributed by atoms with Crippen molar-refractivity contribution >= 4 is 41.7 Å². The summed E-state index contributed by atoms with van der Waals surface area (Å²) in [6.45, 7) is 11.2. The van der Waals surface area contributed by atoms with E-state index < -0.39 is 0 Å². The highest BCUT2D eigenvalue weighted by Crippen LogP contribution is 2.28. The number of carbonyl (C=O) groups is 1. The number of likely N-dealkylation sites (tertiary alicyclic amines) is 1. The largest absolute Gasteiger partial charge is 0.352 e. The smallest absolute Gasteiger partial charge is 0.319 e. The Morgan fingerprint density at radius 2 is 1.92 bits per heavy atom. The number of rotatable bonds is 4. The quantitative estimate of drug-likeness (QED) is 0.356. The van der Waals surface area contributed by atoms with Crippen LogP contribution in [0.1, 0.15) is 39.7 Å². The minimum absolute atomic E-state index is 0. The predicted molar refractivity (Wildman–Crippen MR) is 119 cm³/mol. The fourth-order valence-electron chi connectivity index (χ4n) is 2.94. The standard InChI is InChI=1S/C19H31N5O.HI/c1-14(2)22-18(25)23-16-8-6-15(7-9-16)12-21-17(20-5)24-11-10-19(3,4)13-24;/h6-9,14H,10-13H2,1-5H3,(H,20,21)(H2,22,23,25);1H. The molecule has 1 aliphatic rings. The van der Waals surface area contributed by atoms with Gasteiger partial charge in [0.05, 0.1) is 0 Å². The number of halogens is 1. The number of anilines is 1. The van der Waals surface area contributed by atoms with Crippen molar-refractivity contribution < 1.29 is 4.79 Å². The zero-order chi connectivity index (χ0) is 18.4. The summed E-state index contributed by atoms with van der Waals surface area (Å²) < 4.78 is 0. The van der Waals surface area contributed by atoms with Crippen molar-refractivity contribution in [2.24, 2.45) is 10.4 Å². The fraction of sp³-hybridized carbons (Fsp3) is 0.579. The lowest BCUT2D eigenvalue weighted by Gasteiger charge is -2.23. The first-order valence-electron chi connectivity index (χ1n) is 8.91. The van der Waals surface area contributed by atoms with E-state index in [4.69, 9.17) is 0 Å². The van der Waals surface area contributed by atoms with Crippen LogP contribution < -0.4 is 16.0 Å². The number of hydrogen-bond donors (Lipinski definition) is 3. The highest BCUT2D eigenvalue weighted by molar-refractivity contribution is 14.0. The monoisotopic (exact) mass is 473 g/mol. The molecule has 146 valence electrons. The number of amides is 2. The second-order valence-electron chi connectivity index (χ2n) is 7.69. The molecule has 2 amide bonds. The van der Waals surface area contributed by atoms with Crippen LogP contribution in [-0.2, 0) is 6.54 Å². The number of benzene rings is 1. The molecule has 0 radical (unpaired) electrons. The van der Waals surface area contributed by atoms with E-state index in [1.54, 1.807) is 0 Å². The molecule has 0 saturated carbocycles. The average Bonchev–Trinajstić information content (AvgIpc) is 2.88. The van der Waals surface area contributed by atoms with Crippen molar-refractivity contribution in [3.05, 3.63) is 29.8 Å². The molecule has 26 heavy (non-hydrogen) atoms. The van der Waals surface area contributed by atoms with Crippen molar-refractivity contribution in [1.29, 1.82) is 0 Å². The lowest BCUT2D eigenvalue weighted by atomic mass is 9.93. The number of aliphatic imine (C=N–C) groups is 1. The minimum Gasteiger partial charge on any atom is -0.352 e. The summed E-state index contributed by atoms with van der Waals surface area (Å²) in [7, 11) is 1.83. The lowest BCUT2D eigenvalue weighted by molar-refractivity contribution is 0.250. The van der Waals surface area contributed by atoms with Gasteiger partial charge in [-0.2, -0.15) is 0 Å². The van der Waals surface area contributed by atoms with E-state index in [1.807, 2.05) is 45.2 Å². The molecule has 1 aromatic carbocycles. The first-order chi connectivity index (χ1) is 11.8.